The molecule has 7 nitrogen and oxygen atoms in total. The molecule has 1 fully saturated rings. The maximum atomic E-state index is 11.7. The van der Waals surface area contributed by atoms with Gasteiger partial charge in [-0.15, -0.1) is 0 Å². The van der Waals surface area contributed by atoms with Crippen LogP contribution in [-0.2, 0) is 9.59 Å². The average molecular weight is 291 g/mol. The lowest BCUT2D eigenvalue weighted by Crippen LogP contribution is -2.43. The molecule has 0 saturated carbocycles. The Bertz CT molecular complexity index is 538. The fraction of sp³-hybridized carbons (Fsp3) is 0.357. The van der Waals surface area contributed by atoms with Gasteiger partial charge in [-0.25, -0.2) is 0 Å². The van der Waals surface area contributed by atoms with Crippen LogP contribution in [0.1, 0.15) is 16.8 Å². The normalized spacial score (nSPS) is 14.1. The molecule has 1 aliphatic heterocycles. The van der Waals surface area contributed by atoms with Crippen molar-refractivity contribution in [3.63, 3.8) is 0 Å². The minimum atomic E-state index is -1.10. The van der Waals surface area contributed by atoms with Crippen molar-refractivity contribution in [2.45, 2.75) is 6.42 Å². The van der Waals surface area contributed by atoms with Crippen LogP contribution in [0.3, 0.4) is 0 Å². The second kappa shape index (κ2) is 6.85. The van der Waals surface area contributed by atoms with Gasteiger partial charge < -0.3 is 21.1 Å². The third-order valence-electron chi connectivity index (χ3n) is 3.17. The number of nitrogens with one attached hydrogen (secondary N) is 3. The molecule has 0 aromatic heterocycles. The quantitative estimate of drug-likeness (QED) is 0.592. The van der Waals surface area contributed by atoms with Crippen LogP contribution in [0.15, 0.2) is 24.3 Å². The van der Waals surface area contributed by atoms with E-state index in [0.717, 1.165) is 13.1 Å². The first kappa shape index (κ1) is 15.0. The van der Waals surface area contributed by atoms with Crippen LogP contribution >= 0.6 is 0 Å². The third-order valence-corrected chi connectivity index (χ3v) is 3.17. The molecule has 1 heterocycles. The fourth-order valence-electron chi connectivity index (χ4n) is 1.93. The molecule has 1 aliphatic rings. The lowest BCUT2D eigenvalue weighted by atomic mass is 9.99. The number of anilines is 1. The highest BCUT2D eigenvalue weighted by atomic mass is 16.4. The Morgan fingerprint density at radius 3 is 2.38 bits per heavy atom. The summed E-state index contributed by atoms with van der Waals surface area (Å²) in [5.41, 5.74) is 0.958. The van der Waals surface area contributed by atoms with Gasteiger partial charge in [-0.2, -0.15) is 0 Å². The van der Waals surface area contributed by atoms with E-state index >= 15 is 0 Å². The van der Waals surface area contributed by atoms with E-state index < -0.39 is 18.4 Å². The zero-order chi connectivity index (χ0) is 15.2. The number of hydrogen-bond donors (Lipinski definition) is 4. The molecule has 0 spiro atoms. The van der Waals surface area contributed by atoms with Gasteiger partial charge in [0.25, 0.3) is 5.91 Å². The molecule has 4 N–H and O–H groups in total. The van der Waals surface area contributed by atoms with Gasteiger partial charge in [-0.1, -0.05) is 0 Å². The molecule has 0 atom stereocenters. The van der Waals surface area contributed by atoms with Crippen LogP contribution in [0.2, 0.25) is 0 Å². The Morgan fingerprint density at radius 2 is 1.86 bits per heavy atom. The number of carboxylic acid groups (broad SMARTS) is 1. The molecule has 112 valence electrons. The van der Waals surface area contributed by atoms with Gasteiger partial charge in [0.2, 0.25) is 5.91 Å². The summed E-state index contributed by atoms with van der Waals surface area (Å²) in [7, 11) is 0. The summed E-state index contributed by atoms with van der Waals surface area (Å²) >= 11 is 0. The van der Waals surface area contributed by atoms with Gasteiger partial charge in [0.15, 0.2) is 0 Å². The van der Waals surface area contributed by atoms with E-state index in [1.54, 1.807) is 12.1 Å². The first-order valence-corrected chi connectivity index (χ1v) is 6.65. The zero-order valence-electron chi connectivity index (χ0n) is 11.4. The van der Waals surface area contributed by atoms with E-state index in [9.17, 15) is 14.4 Å². The second-order valence-corrected chi connectivity index (χ2v) is 4.93. The van der Waals surface area contributed by atoms with Crippen molar-refractivity contribution >= 4 is 23.5 Å². The van der Waals surface area contributed by atoms with Crippen LogP contribution < -0.4 is 16.0 Å². The van der Waals surface area contributed by atoms with E-state index in [1.807, 2.05) is 0 Å². The molecule has 2 amide bonds. The molecular weight excluding hydrogens is 274 g/mol. The van der Waals surface area contributed by atoms with Crippen LogP contribution in [0.5, 0.6) is 0 Å². The van der Waals surface area contributed by atoms with Crippen LogP contribution in [0.25, 0.3) is 0 Å². The smallest absolute Gasteiger partial charge is 0.322 e. The van der Waals surface area contributed by atoms with Crippen molar-refractivity contribution in [3.8, 4) is 0 Å². The summed E-state index contributed by atoms with van der Waals surface area (Å²) in [6.07, 6.45) is 0.480. The minimum Gasteiger partial charge on any atom is -0.480 e. The van der Waals surface area contributed by atoms with Crippen LogP contribution in [0, 0.1) is 5.92 Å². The molecule has 21 heavy (non-hydrogen) atoms. The Labute approximate surface area is 121 Å². The summed E-state index contributed by atoms with van der Waals surface area (Å²) < 4.78 is 0. The highest BCUT2D eigenvalue weighted by molar-refractivity contribution is 5.97. The molecule has 0 unspecified atom stereocenters. The van der Waals surface area contributed by atoms with Crippen molar-refractivity contribution in [1.29, 1.82) is 0 Å². The number of carbonyl (C=O) groups is 3. The van der Waals surface area contributed by atoms with E-state index in [2.05, 4.69) is 16.0 Å². The molecule has 0 radical (unpaired) electrons. The fourth-order valence-corrected chi connectivity index (χ4v) is 1.93. The predicted octanol–water partition coefficient (Wildman–Crippen LogP) is 0.0490. The van der Waals surface area contributed by atoms with Crippen LogP contribution in [-0.4, -0.2) is 42.5 Å². The largest absolute Gasteiger partial charge is 0.480 e. The Hall–Kier alpha value is -2.41. The Kier molecular flexibility index (Phi) is 4.89. The van der Waals surface area contributed by atoms with Gasteiger partial charge >= 0.3 is 5.97 Å². The van der Waals surface area contributed by atoms with Crippen LogP contribution in [0.4, 0.5) is 5.69 Å². The summed E-state index contributed by atoms with van der Waals surface area (Å²) in [4.78, 5) is 33.7. The number of carboxylic acids is 1. The van der Waals surface area contributed by atoms with Gasteiger partial charge in [0, 0.05) is 17.7 Å². The third kappa shape index (κ3) is 4.57. The molecule has 2 rings (SSSR count). The van der Waals surface area contributed by atoms with Gasteiger partial charge in [-0.05, 0) is 43.3 Å². The maximum absolute atomic E-state index is 11.7. The highest BCUT2D eigenvalue weighted by Gasteiger charge is 2.20. The van der Waals surface area contributed by atoms with E-state index in [-0.39, 0.29) is 5.91 Å². The lowest BCUT2D eigenvalue weighted by Gasteiger charge is -2.26. The first-order chi connectivity index (χ1) is 10.0. The SMILES string of the molecule is O=C(O)CNC(=O)c1ccc(NC(=O)CC2CNC2)cc1. The zero-order valence-corrected chi connectivity index (χ0v) is 11.4. The number of amides is 2. The summed E-state index contributed by atoms with van der Waals surface area (Å²) in [5, 5.41) is 16.6. The maximum Gasteiger partial charge on any atom is 0.322 e. The van der Waals surface area contributed by atoms with Crippen molar-refractivity contribution in [2.24, 2.45) is 5.92 Å². The number of benzene rings is 1. The predicted molar refractivity (Wildman–Crippen MR) is 76.0 cm³/mol. The Balaban J connectivity index is 1.84. The van der Waals surface area contributed by atoms with E-state index in [0.29, 0.717) is 23.6 Å². The van der Waals surface area contributed by atoms with Crippen molar-refractivity contribution in [3.05, 3.63) is 29.8 Å². The lowest BCUT2D eigenvalue weighted by molar-refractivity contribution is -0.135. The first-order valence-electron chi connectivity index (χ1n) is 6.65. The molecule has 0 aliphatic carbocycles. The molecule has 1 aromatic rings. The number of aliphatic carboxylic acids is 1. The van der Waals surface area contributed by atoms with Gasteiger partial charge in [0.1, 0.15) is 6.54 Å². The van der Waals surface area contributed by atoms with Crippen molar-refractivity contribution < 1.29 is 19.5 Å². The topological polar surface area (TPSA) is 108 Å². The number of rotatable bonds is 6. The van der Waals surface area contributed by atoms with Gasteiger partial charge in [0.05, 0.1) is 0 Å². The monoisotopic (exact) mass is 291 g/mol. The molecule has 7 heteroatoms. The molecule has 1 aromatic carbocycles. The average Bonchev–Trinajstić information content (AvgIpc) is 2.41. The number of hydrogen-bond acceptors (Lipinski definition) is 4. The molecule has 1 saturated heterocycles. The van der Waals surface area contributed by atoms with E-state index in [4.69, 9.17) is 5.11 Å². The standard InChI is InChI=1S/C14H17N3O4/c18-12(5-9-6-15-7-9)17-11-3-1-10(2-4-11)14(21)16-8-13(19)20/h1-4,9,15H,5-8H2,(H,16,21)(H,17,18)(H,19,20). The summed E-state index contributed by atoms with van der Waals surface area (Å²) in [6.45, 7) is 1.32. The van der Waals surface area contributed by atoms with Gasteiger partial charge in [-0.3, -0.25) is 14.4 Å². The minimum absolute atomic E-state index is 0.0513. The number of carbonyl (C=O) groups excluding carboxylic acids is 2. The van der Waals surface area contributed by atoms with Crippen molar-refractivity contribution in [2.75, 3.05) is 25.0 Å². The summed E-state index contributed by atoms with van der Waals surface area (Å²) in [6, 6.07) is 6.31. The van der Waals surface area contributed by atoms with E-state index in [1.165, 1.54) is 12.1 Å². The molecular formula is C14H17N3O4. The Morgan fingerprint density at radius 1 is 1.19 bits per heavy atom. The highest BCUT2D eigenvalue weighted by Crippen LogP contribution is 2.13. The van der Waals surface area contributed by atoms with Crippen molar-refractivity contribution in [1.82, 2.24) is 10.6 Å². The summed E-state index contributed by atoms with van der Waals surface area (Å²) in [5.74, 6) is -1.22. The second-order valence-electron chi connectivity index (χ2n) is 4.93. The molecule has 0 bridgehead atoms.